The number of hydrogen-bond acceptors (Lipinski definition) is 4. The van der Waals surface area contributed by atoms with E-state index in [1.165, 1.54) is 6.92 Å². The van der Waals surface area contributed by atoms with Crippen LogP contribution in [0, 0.1) is 17.8 Å². The number of piperidine rings is 1. The molecule has 20 heavy (non-hydrogen) atoms. The average Bonchev–Trinajstić information content (AvgIpc) is 2.43. The fraction of sp³-hybridized carbons (Fsp3) is 0.733. The van der Waals surface area contributed by atoms with Gasteiger partial charge in [-0.1, -0.05) is 11.8 Å². The molecular weight excluding hydrogens is 256 g/mol. The van der Waals surface area contributed by atoms with Gasteiger partial charge in [-0.05, 0) is 26.3 Å². The predicted molar refractivity (Wildman–Crippen MR) is 76.9 cm³/mol. The molecule has 1 amide bonds. The third-order valence-electron chi connectivity index (χ3n) is 3.41. The van der Waals surface area contributed by atoms with Gasteiger partial charge in [0.2, 0.25) is 5.91 Å². The van der Waals surface area contributed by atoms with Crippen molar-refractivity contribution in [3.8, 4) is 11.8 Å². The van der Waals surface area contributed by atoms with E-state index in [0.29, 0.717) is 19.7 Å². The Morgan fingerprint density at radius 2 is 2.15 bits per heavy atom. The van der Waals surface area contributed by atoms with Crippen LogP contribution in [-0.4, -0.2) is 61.5 Å². The SMILES string of the molecule is CCOC(=O)[C@H]1CCCN(CC#CCN(C)C(C)=O)C1. The summed E-state index contributed by atoms with van der Waals surface area (Å²) in [7, 11) is 1.73. The lowest BCUT2D eigenvalue weighted by Crippen LogP contribution is -2.39. The maximum atomic E-state index is 11.7. The smallest absolute Gasteiger partial charge is 0.310 e. The van der Waals surface area contributed by atoms with Gasteiger partial charge >= 0.3 is 5.97 Å². The van der Waals surface area contributed by atoms with Crippen molar-refractivity contribution in [1.82, 2.24) is 9.80 Å². The number of amides is 1. The van der Waals surface area contributed by atoms with Crippen molar-refractivity contribution >= 4 is 11.9 Å². The minimum absolute atomic E-state index is 0.0136. The van der Waals surface area contributed by atoms with E-state index in [4.69, 9.17) is 4.74 Å². The third kappa shape index (κ3) is 5.62. The molecular formula is C15H24N2O3. The molecule has 1 fully saturated rings. The molecule has 1 rings (SSSR count). The number of hydrogen-bond donors (Lipinski definition) is 0. The summed E-state index contributed by atoms with van der Waals surface area (Å²) in [5.41, 5.74) is 0. The van der Waals surface area contributed by atoms with Crippen molar-refractivity contribution in [2.45, 2.75) is 26.7 Å². The zero-order chi connectivity index (χ0) is 15.0. The van der Waals surface area contributed by atoms with Crippen LogP contribution in [0.5, 0.6) is 0 Å². The Hall–Kier alpha value is -1.54. The van der Waals surface area contributed by atoms with Crippen molar-refractivity contribution in [2.24, 2.45) is 5.92 Å². The quantitative estimate of drug-likeness (QED) is 0.563. The Morgan fingerprint density at radius 1 is 1.40 bits per heavy atom. The number of rotatable bonds is 4. The van der Waals surface area contributed by atoms with Crippen LogP contribution in [0.4, 0.5) is 0 Å². The van der Waals surface area contributed by atoms with E-state index < -0.39 is 0 Å². The summed E-state index contributed by atoms with van der Waals surface area (Å²) in [6.45, 7) is 6.56. The number of carbonyl (C=O) groups excluding carboxylic acids is 2. The van der Waals surface area contributed by atoms with Gasteiger partial charge in [-0.15, -0.1) is 0 Å². The molecule has 1 aliphatic heterocycles. The van der Waals surface area contributed by atoms with E-state index in [0.717, 1.165) is 25.9 Å². The summed E-state index contributed by atoms with van der Waals surface area (Å²) >= 11 is 0. The Labute approximate surface area is 121 Å². The van der Waals surface area contributed by atoms with E-state index in [1.807, 2.05) is 6.92 Å². The Kier molecular flexibility index (Phi) is 7.10. The van der Waals surface area contributed by atoms with Crippen LogP contribution in [-0.2, 0) is 14.3 Å². The number of likely N-dealkylation sites (tertiary alicyclic amines) is 1. The van der Waals surface area contributed by atoms with Crippen LogP contribution in [0.1, 0.15) is 26.7 Å². The molecule has 0 aromatic heterocycles. The monoisotopic (exact) mass is 280 g/mol. The van der Waals surface area contributed by atoms with Crippen LogP contribution in [0.2, 0.25) is 0 Å². The highest BCUT2D eigenvalue weighted by molar-refractivity contribution is 5.73. The number of esters is 1. The summed E-state index contributed by atoms with van der Waals surface area (Å²) in [6.07, 6.45) is 1.90. The lowest BCUT2D eigenvalue weighted by Gasteiger charge is -2.29. The second-order valence-electron chi connectivity index (χ2n) is 5.05. The van der Waals surface area contributed by atoms with Gasteiger partial charge in [-0.25, -0.2) is 0 Å². The Bertz CT molecular complexity index is 398. The maximum Gasteiger partial charge on any atom is 0.310 e. The molecule has 1 saturated heterocycles. The van der Waals surface area contributed by atoms with E-state index in [-0.39, 0.29) is 17.8 Å². The number of ether oxygens (including phenoxy) is 1. The molecule has 0 aromatic rings. The third-order valence-corrected chi connectivity index (χ3v) is 3.41. The lowest BCUT2D eigenvalue weighted by atomic mass is 9.98. The van der Waals surface area contributed by atoms with Crippen molar-refractivity contribution in [1.29, 1.82) is 0 Å². The molecule has 0 saturated carbocycles. The van der Waals surface area contributed by atoms with Gasteiger partial charge in [0.05, 0.1) is 25.6 Å². The first-order chi connectivity index (χ1) is 9.54. The predicted octanol–water partition coefficient (Wildman–Crippen LogP) is 0.743. The fourth-order valence-electron chi connectivity index (χ4n) is 2.11. The van der Waals surface area contributed by atoms with Crippen molar-refractivity contribution in [2.75, 3.05) is 39.8 Å². The van der Waals surface area contributed by atoms with Gasteiger partial charge in [0, 0.05) is 20.5 Å². The topological polar surface area (TPSA) is 49.9 Å². The number of carbonyl (C=O) groups is 2. The first kappa shape index (κ1) is 16.5. The van der Waals surface area contributed by atoms with Crippen LogP contribution in [0.15, 0.2) is 0 Å². The molecule has 5 nitrogen and oxygen atoms in total. The summed E-state index contributed by atoms with van der Waals surface area (Å²) in [5.74, 6) is 5.94. The summed E-state index contributed by atoms with van der Waals surface area (Å²) in [5, 5.41) is 0. The highest BCUT2D eigenvalue weighted by atomic mass is 16.5. The van der Waals surface area contributed by atoms with E-state index >= 15 is 0 Å². The highest BCUT2D eigenvalue weighted by Gasteiger charge is 2.26. The average molecular weight is 280 g/mol. The van der Waals surface area contributed by atoms with Crippen molar-refractivity contribution < 1.29 is 14.3 Å². The first-order valence-corrected chi connectivity index (χ1v) is 7.11. The Balaban J connectivity index is 2.35. The van der Waals surface area contributed by atoms with Gasteiger partial charge < -0.3 is 9.64 Å². The van der Waals surface area contributed by atoms with E-state index in [9.17, 15) is 9.59 Å². The Morgan fingerprint density at radius 3 is 2.80 bits per heavy atom. The van der Waals surface area contributed by atoms with Gasteiger partial charge in [-0.2, -0.15) is 0 Å². The zero-order valence-corrected chi connectivity index (χ0v) is 12.6. The second kappa shape index (κ2) is 8.60. The van der Waals surface area contributed by atoms with Gasteiger partial charge in [0.25, 0.3) is 0 Å². The summed E-state index contributed by atoms with van der Waals surface area (Å²) in [6, 6.07) is 0. The molecule has 0 N–H and O–H groups in total. The van der Waals surface area contributed by atoms with Crippen molar-refractivity contribution in [3.05, 3.63) is 0 Å². The zero-order valence-electron chi connectivity index (χ0n) is 12.6. The second-order valence-corrected chi connectivity index (χ2v) is 5.05. The summed E-state index contributed by atoms with van der Waals surface area (Å²) in [4.78, 5) is 26.5. The molecule has 0 spiro atoms. The molecule has 0 aliphatic carbocycles. The van der Waals surface area contributed by atoms with E-state index in [1.54, 1.807) is 11.9 Å². The van der Waals surface area contributed by atoms with Gasteiger partial charge in [-0.3, -0.25) is 14.5 Å². The normalized spacial score (nSPS) is 18.9. The minimum atomic E-state index is -0.0959. The number of nitrogens with zero attached hydrogens (tertiary/aromatic N) is 2. The molecule has 112 valence electrons. The molecule has 1 atom stereocenters. The largest absolute Gasteiger partial charge is 0.466 e. The van der Waals surface area contributed by atoms with Crippen molar-refractivity contribution in [3.63, 3.8) is 0 Å². The molecule has 1 heterocycles. The molecule has 5 heteroatoms. The van der Waals surface area contributed by atoms with Crippen LogP contribution in [0.25, 0.3) is 0 Å². The van der Waals surface area contributed by atoms with Crippen LogP contribution >= 0.6 is 0 Å². The molecule has 1 aliphatic rings. The van der Waals surface area contributed by atoms with Crippen LogP contribution in [0.3, 0.4) is 0 Å². The minimum Gasteiger partial charge on any atom is -0.466 e. The maximum absolute atomic E-state index is 11.7. The molecule has 0 radical (unpaired) electrons. The molecule has 0 bridgehead atoms. The lowest BCUT2D eigenvalue weighted by molar-refractivity contribution is -0.149. The molecule has 0 aromatic carbocycles. The van der Waals surface area contributed by atoms with Crippen LogP contribution < -0.4 is 0 Å². The highest BCUT2D eigenvalue weighted by Crippen LogP contribution is 2.17. The summed E-state index contributed by atoms with van der Waals surface area (Å²) < 4.78 is 5.07. The van der Waals surface area contributed by atoms with E-state index in [2.05, 4.69) is 16.7 Å². The fourth-order valence-corrected chi connectivity index (χ4v) is 2.11. The van der Waals surface area contributed by atoms with Gasteiger partial charge in [0.1, 0.15) is 0 Å². The molecule has 0 unspecified atom stereocenters. The first-order valence-electron chi connectivity index (χ1n) is 7.11. The standard InChI is InChI=1S/C15H24N2O3/c1-4-20-15(19)14-8-7-11-17(12-14)10-6-5-9-16(3)13(2)18/h14H,4,7-12H2,1-3H3/t14-/m0/s1. The van der Waals surface area contributed by atoms with Gasteiger partial charge in [0.15, 0.2) is 0 Å².